The van der Waals surface area contributed by atoms with Gasteiger partial charge in [-0.15, -0.1) is 0 Å². The Labute approximate surface area is 161 Å². The second-order valence-electron chi connectivity index (χ2n) is 7.57. The van der Waals surface area contributed by atoms with Gasteiger partial charge in [-0.25, -0.2) is 8.42 Å². The standard InChI is InChI=1S/C20H28N2O4S/c1-15(13-20(24)21-10-5-3-4-6-11-21)27(25,26)18-7-8-19-17(14-18)9-12-22(19)16(2)23/h7-8,14-15H,3-6,9-13H2,1-2H3/t15-/m0/s1. The van der Waals surface area contributed by atoms with E-state index in [1.54, 1.807) is 30.0 Å². The summed E-state index contributed by atoms with van der Waals surface area (Å²) in [4.78, 5) is 27.9. The fourth-order valence-corrected chi connectivity index (χ4v) is 5.31. The van der Waals surface area contributed by atoms with Crippen molar-refractivity contribution >= 4 is 27.3 Å². The molecule has 0 radical (unpaired) electrons. The number of fused-ring (bicyclic) bond motifs is 1. The number of carbonyl (C=O) groups is 2. The van der Waals surface area contributed by atoms with Crippen LogP contribution in [0.5, 0.6) is 0 Å². The van der Waals surface area contributed by atoms with E-state index in [1.165, 1.54) is 6.92 Å². The Hall–Kier alpha value is -1.89. The molecule has 148 valence electrons. The quantitative estimate of drug-likeness (QED) is 0.789. The first-order valence-corrected chi connectivity index (χ1v) is 11.3. The molecule has 0 bridgehead atoms. The molecule has 0 saturated carbocycles. The van der Waals surface area contributed by atoms with Gasteiger partial charge in [0.05, 0.1) is 10.1 Å². The monoisotopic (exact) mass is 392 g/mol. The van der Waals surface area contributed by atoms with E-state index < -0.39 is 15.1 Å². The molecule has 1 aromatic rings. The molecule has 0 aromatic heterocycles. The number of amides is 2. The molecule has 1 fully saturated rings. The van der Waals surface area contributed by atoms with Crippen molar-refractivity contribution in [1.82, 2.24) is 4.90 Å². The Morgan fingerprint density at radius 2 is 1.74 bits per heavy atom. The van der Waals surface area contributed by atoms with Gasteiger partial charge in [-0.1, -0.05) is 12.8 Å². The van der Waals surface area contributed by atoms with E-state index in [1.807, 2.05) is 4.90 Å². The van der Waals surface area contributed by atoms with Crippen molar-refractivity contribution < 1.29 is 18.0 Å². The van der Waals surface area contributed by atoms with Crippen LogP contribution < -0.4 is 4.90 Å². The third-order valence-electron chi connectivity index (χ3n) is 5.61. The summed E-state index contributed by atoms with van der Waals surface area (Å²) in [6.45, 7) is 5.16. The molecule has 2 amide bonds. The summed E-state index contributed by atoms with van der Waals surface area (Å²) in [5.74, 6) is -0.113. The van der Waals surface area contributed by atoms with Gasteiger partial charge in [-0.3, -0.25) is 9.59 Å². The SMILES string of the molecule is CC(=O)N1CCc2cc(S(=O)(=O)[C@@H](C)CC(=O)N3CCCCCC3)ccc21. The summed E-state index contributed by atoms with van der Waals surface area (Å²) >= 11 is 0. The minimum atomic E-state index is -3.59. The van der Waals surface area contributed by atoms with Gasteiger partial charge < -0.3 is 9.80 Å². The number of rotatable bonds is 4. The first-order valence-electron chi connectivity index (χ1n) is 9.73. The van der Waals surface area contributed by atoms with Crippen LogP contribution in [0.1, 0.15) is 51.5 Å². The highest BCUT2D eigenvalue weighted by molar-refractivity contribution is 7.92. The summed E-state index contributed by atoms with van der Waals surface area (Å²) in [5, 5.41) is -0.767. The maximum Gasteiger partial charge on any atom is 0.223 e. The molecule has 2 aliphatic rings. The lowest BCUT2D eigenvalue weighted by Crippen LogP contribution is -2.35. The van der Waals surface area contributed by atoms with E-state index in [0.717, 1.165) is 50.0 Å². The van der Waals surface area contributed by atoms with Gasteiger partial charge in [0.15, 0.2) is 9.84 Å². The van der Waals surface area contributed by atoms with Gasteiger partial charge in [-0.2, -0.15) is 0 Å². The number of nitrogens with zero attached hydrogens (tertiary/aromatic N) is 2. The zero-order valence-electron chi connectivity index (χ0n) is 16.1. The molecular weight excluding hydrogens is 364 g/mol. The molecule has 0 N–H and O–H groups in total. The highest BCUT2D eigenvalue weighted by atomic mass is 32.2. The summed E-state index contributed by atoms with van der Waals surface area (Å²) in [5.41, 5.74) is 1.66. The Morgan fingerprint density at radius 3 is 2.37 bits per heavy atom. The molecule has 7 heteroatoms. The van der Waals surface area contributed by atoms with Crippen molar-refractivity contribution in [2.24, 2.45) is 0 Å². The van der Waals surface area contributed by atoms with Gasteiger partial charge in [0, 0.05) is 38.7 Å². The lowest BCUT2D eigenvalue weighted by atomic mass is 10.2. The van der Waals surface area contributed by atoms with Crippen LogP contribution in [0.25, 0.3) is 0 Å². The predicted molar refractivity (Wildman–Crippen MR) is 104 cm³/mol. The van der Waals surface area contributed by atoms with E-state index in [2.05, 4.69) is 0 Å². The third kappa shape index (κ3) is 4.18. The molecule has 0 spiro atoms. The normalized spacial score (nSPS) is 18.7. The van der Waals surface area contributed by atoms with Crippen LogP contribution in [0.15, 0.2) is 23.1 Å². The lowest BCUT2D eigenvalue weighted by Gasteiger charge is -2.22. The summed E-state index contributed by atoms with van der Waals surface area (Å²) in [6.07, 6.45) is 4.90. The van der Waals surface area contributed by atoms with Crippen molar-refractivity contribution in [3.63, 3.8) is 0 Å². The molecule has 1 atom stereocenters. The molecule has 3 rings (SSSR count). The van der Waals surface area contributed by atoms with E-state index >= 15 is 0 Å². The van der Waals surface area contributed by atoms with Crippen molar-refractivity contribution in [2.45, 2.75) is 62.5 Å². The molecule has 0 aliphatic carbocycles. The predicted octanol–water partition coefficient (Wildman–Crippen LogP) is 2.55. The second-order valence-corrected chi connectivity index (χ2v) is 9.93. The lowest BCUT2D eigenvalue weighted by molar-refractivity contribution is -0.131. The van der Waals surface area contributed by atoms with Gasteiger partial charge in [-0.05, 0) is 49.9 Å². The highest BCUT2D eigenvalue weighted by Gasteiger charge is 2.30. The highest BCUT2D eigenvalue weighted by Crippen LogP contribution is 2.31. The van der Waals surface area contributed by atoms with Crippen LogP contribution in [-0.4, -0.2) is 50.0 Å². The van der Waals surface area contributed by atoms with Gasteiger partial charge in [0.25, 0.3) is 0 Å². The summed E-state index contributed by atoms with van der Waals surface area (Å²) in [7, 11) is -3.59. The zero-order chi connectivity index (χ0) is 19.6. The van der Waals surface area contributed by atoms with Crippen molar-refractivity contribution in [2.75, 3.05) is 24.5 Å². The first-order chi connectivity index (χ1) is 12.8. The van der Waals surface area contributed by atoms with Crippen LogP contribution in [0.4, 0.5) is 5.69 Å². The van der Waals surface area contributed by atoms with E-state index in [0.29, 0.717) is 13.0 Å². The maximum atomic E-state index is 13.0. The average Bonchev–Trinajstić information content (AvgIpc) is 2.86. The van der Waals surface area contributed by atoms with E-state index in [4.69, 9.17) is 0 Å². The van der Waals surface area contributed by atoms with Crippen LogP contribution in [0.2, 0.25) is 0 Å². The molecule has 2 heterocycles. The van der Waals surface area contributed by atoms with Gasteiger partial charge >= 0.3 is 0 Å². The Kier molecular flexibility index (Phi) is 5.89. The number of hydrogen-bond donors (Lipinski definition) is 0. The second kappa shape index (κ2) is 8.00. The zero-order valence-corrected chi connectivity index (χ0v) is 16.9. The van der Waals surface area contributed by atoms with E-state index in [9.17, 15) is 18.0 Å². The Bertz CT molecular complexity index is 826. The number of benzene rings is 1. The largest absolute Gasteiger partial charge is 0.343 e. The molecule has 1 saturated heterocycles. The van der Waals surface area contributed by atoms with Crippen LogP contribution >= 0.6 is 0 Å². The minimum Gasteiger partial charge on any atom is -0.343 e. The molecule has 27 heavy (non-hydrogen) atoms. The van der Waals surface area contributed by atoms with Crippen molar-refractivity contribution in [3.05, 3.63) is 23.8 Å². The molecule has 6 nitrogen and oxygen atoms in total. The fourth-order valence-electron chi connectivity index (χ4n) is 3.92. The summed E-state index contributed by atoms with van der Waals surface area (Å²) < 4.78 is 26.0. The third-order valence-corrected chi connectivity index (χ3v) is 7.74. The topological polar surface area (TPSA) is 74.8 Å². The van der Waals surface area contributed by atoms with Crippen LogP contribution in [-0.2, 0) is 25.8 Å². The van der Waals surface area contributed by atoms with Gasteiger partial charge in [0.2, 0.25) is 11.8 Å². The molecule has 2 aliphatic heterocycles. The maximum absolute atomic E-state index is 13.0. The first kappa shape index (κ1) is 19.9. The number of likely N-dealkylation sites (tertiary alicyclic amines) is 1. The number of carbonyl (C=O) groups excluding carboxylic acids is 2. The van der Waals surface area contributed by atoms with Crippen LogP contribution in [0, 0.1) is 0 Å². The molecule has 1 aromatic carbocycles. The van der Waals surface area contributed by atoms with E-state index in [-0.39, 0.29) is 23.1 Å². The Balaban J connectivity index is 1.74. The fraction of sp³-hybridized carbons (Fsp3) is 0.600. The minimum absolute atomic E-state index is 0.0129. The van der Waals surface area contributed by atoms with Crippen LogP contribution in [0.3, 0.4) is 0 Å². The van der Waals surface area contributed by atoms with Crippen molar-refractivity contribution in [1.29, 1.82) is 0 Å². The number of hydrogen-bond acceptors (Lipinski definition) is 4. The molecular formula is C20H28N2O4S. The smallest absolute Gasteiger partial charge is 0.223 e. The summed E-state index contributed by atoms with van der Waals surface area (Å²) in [6, 6.07) is 4.93. The number of anilines is 1. The molecule has 0 unspecified atom stereocenters. The van der Waals surface area contributed by atoms with Crippen molar-refractivity contribution in [3.8, 4) is 0 Å². The van der Waals surface area contributed by atoms with Gasteiger partial charge in [0.1, 0.15) is 0 Å². The number of sulfone groups is 1. The Morgan fingerprint density at radius 1 is 1.07 bits per heavy atom. The average molecular weight is 393 g/mol.